The van der Waals surface area contributed by atoms with Gasteiger partial charge in [-0.25, -0.2) is 4.98 Å². The van der Waals surface area contributed by atoms with Gasteiger partial charge in [0.05, 0.1) is 5.52 Å². The largest absolute Gasteiger partial charge is 0.433 e. The van der Waals surface area contributed by atoms with Crippen molar-refractivity contribution in [2.75, 3.05) is 31.5 Å². The summed E-state index contributed by atoms with van der Waals surface area (Å²) in [5.41, 5.74) is 0.279. The number of pyridine rings is 1. The van der Waals surface area contributed by atoms with E-state index in [1.165, 1.54) is 6.07 Å². The first-order valence-corrected chi connectivity index (χ1v) is 10.0. The lowest BCUT2D eigenvalue weighted by molar-refractivity contribution is -0.141. The fourth-order valence-electron chi connectivity index (χ4n) is 3.50. The van der Waals surface area contributed by atoms with Crippen LogP contribution in [0.15, 0.2) is 36.5 Å². The highest BCUT2D eigenvalue weighted by atomic mass is 19.4. The molecule has 2 aromatic heterocycles. The number of fused-ring (bicyclic) bond motifs is 1. The molecule has 0 atom stereocenters. The van der Waals surface area contributed by atoms with Gasteiger partial charge in [0.2, 0.25) is 5.91 Å². The first-order valence-electron chi connectivity index (χ1n) is 10.0. The molecule has 11 heteroatoms. The van der Waals surface area contributed by atoms with Gasteiger partial charge in [-0.15, -0.1) is 0 Å². The summed E-state index contributed by atoms with van der Waals surface area (Å²) in [4.78, 5) is 30.2. The molecule has 1 aliphatic heterocycles. The molecule has 1 aliphatic rings. The minimum absolute atomic E-state index is 0.0276. The lowest BCUT2D eigenvalue weighted by Gasteiger charge is -2.27. The number of piperazine rings is 1. The highest BCUT2D eigenvalue weighted by molar-refractivity contribution is 6.04. The number of hydrogen-bond donors (Lipinski definition) is 2. The van der Waals surface area contributed by atoms with Crippen LogP contribution in [0.1, 0.15) is 21.7 Å². The molecule has 1 fully saturated rings. The molecule has 0 saturated carbocycles. The number of aromatic nitrogens is 3. The van der Waals surface area contributed by atoms with E-state index in [0.29, 0.717) is 35.2 Å². The summed E-state index contributed by atoms with van der Waals surface area (Å²) >= 11 is 0. The SMILES string of the molecule is Cc1cc2nn(CC(=O)N3CCNCC3)cc2cc1NC(=O)c1cccc(C(F)(F)F)n1. The zero-order chi connectivity index (χ0) is 22.9. The van der Waals surface area contributed by atoms with Crippen LogP contribution in [0.4, 0.5) is 18.9 Å². The molecule has 4 rings (SSSR count). The molecule has 2 amide bonds. The molecule has 3 aromatic rings. The van der Waals surface area contributed by atoms with E-state index in [2.05, 4.69) is 20.7 Å². The molecular formula is C21H21F3N6O2. The van der Waals surface area contributed by atoms with Gasteiger partial charge in [-0.2, -0.15) is 18.3 Å². The van der Waals surface area contributed by atoms with E-state index in [1.54, 1.807) is 34.8 Å². The van der Waals surface area contributed by atoms with Crippen LogP contribution in [0.2, 0.25) is 0 Å². The molecule has 168 valence electrons. The Balaban J connectivity index is 1.52. The standard InChI is InChI=1S/C21H21F3N6O2/c1-13-9-17-14(11-30(28-17)12-19(31)29-7-5-25-6-8-29)10-16(13)27-20(32)15-3-2-4-18(26-15)21(22,23)24/h2-4,9-11,25H,5-8,12H2,1H3,(H,27,32). The Morgan fingerprint density at radius 1 is 1.19 bits per heavy atom. The third-order valence-electron chi connectivity index (χ3n) is 5.19. The zero-order valence-electron chi connectivity index (χ0n) is 17.2. The summed E-state index contributed by atoms with van der Waals surface area (Å²) in [5, 5.41) is 10.9. The Labute approximate surface area is 181 Å². The van der Waals surface area contributed by atoms with Crippen LogP contribution < -0.4 is 10.6 Å². The van der Waals surface area contributed by atoms with Crippen LogP contribution in [0.5, 0.6) is 0 Å². The summed E-state index contributed by atoms with van der Waals surface area (Å²) in [6, 6.07) is 6.59. The molecular weight excluding hydrogens is 425 g/mol. The summed E-state index contributed by atoms with van der Waals surface area (Å²) < 4.78 is 40.2. The van der Waals surface area contributed by atoms with E-state index in [4.69, 9.17) is 0 Å². The van der Waals surface area contributed by atoms with Gasteiger partial charge < -0.3 is 15.5 Å². The first-order chi connectivity index (χ1) is 15.2. The molecule has 0 bridgehead atoms. The number of nitrogens with one attached hydrogen (secondary N) is 2. The number of anilines is 1. The van der Waals surface area contributed by atoms with Crippen LogP contribution in [0.25, 0.3) is 10.9 Å². The van der Waals surface area contributed by atoms with Gasteiger partial charge in [-0.1, -0.05) is 6.07 Å². The Morgan fingerprint density at radius 3 is 2.66 bits per heavy atom. The zero-order valence-corrected chi connectivity index (χ0v) is 17.2. The predicted molar refractivity (Wildman–Crippen MR) is 111 cm³/mol. The number of rotatable bonds is 4. The molecule has 8 nitrogen and oxygen atoms in total. The topological polar surface area (TPSA) is 92.2 Å². The number of halogens is 3. The number of alkyl halides is 3. The van der Waals surface area contributed by atoms with Crippen molar-refractivity contribution in [3.8, 4) is 0 Å². The van der Waals surface area contributed by atoms with Crippen molar-refractivity contribution in [3.63, 3.8) is 0 Å². The van der Waals surface area contributed by atoms with Gasteiger partial charge in [0.15, 0.2) is 0 Å². The van der Waals surface area contributed by atoms with Crippen LogP contribution in [0, 0.1) is 6.92 Å². The van der Waals surface area contributed by atoms with Crippen molar-refractivity contribution in [3.05, 3.63) is 53.5 Å². The van der Waals surface area contributed by atoms with Crippen molar-refractivity contribution < 1.29 is 22.8 Å². The quantitative estimate of drug-likeness (QED) is 0.643. The fourth-order valence-corrected chi connectivity index (χ4v) is 3.50. The predicted octanol–water partition coefficient (Wildman–Crippen LogP) is 2.44. The number of nitrogens with zero attached hydrogens (tertiary/aromatic N) is 4. The number of hydrogen-bond acceptors (Lipinski definition) is 5. The normalized spacial score (nSPS) is 14.6. The lowest BCUT2D eigenvalue weighted by Crippen LogP contribution is -2.47. The summed E-state index contributed by atoms with van der Waals surface area (Å²) in [5.74, 6) is -0.778. The van der Waals surface area contributed by atoms with Crippen LogP contribution in [0.3, 0.4) is 0 Å². The highest BCUT2D eigenvalue weighted by Crippen LogP contribution is 2.28. The van der Waals surface area contributed by atoms with Gasteiger partial charge in [-0.3, -0.25) is 14.3 Å². The molecule has 1 aromatic carbocycles. The number of amides is 2. The Morgan fingerprint density at radius 2 is 1.94 bits per heavy atom. The number of carbonyl (C=O) groups is 2. The van der Waals surface area contributed by atoms with Crippen molar-refractivity contribution in [2.24, 2.45) is 0 Å². The first kappa shape index (κ1) is 21.8. The van der Waals surface area contributed by atoms with Gasteiger partial charge in [0.1, 0.15) is 17.9 Å². The summed E-state index contributed by atoms with van der Waals surface area (Å²) in [6.45, 7) is 4.67. The van der Waals surface area contributed by atoms with Crippen LogP contribution >= 0.6 is 0 Å². The van der Waals surface area contributed by atoms with Crippen molar-refractivity contribution in [1.29, 1.82) is 0 Å². The Hall–Kier alpha value is -3.47. The van der Waals surface area contributed by atoms with Gasteiger partial charge in [0, 0.05) is 43.4 Å². The third kappa shape index (κ3) is 4.72. The second-order valence-electron chi connectivity index (χ2n) is 7.54. The Kier molecular flexibility index (Phi) is 5.83. The van der Waals surface area contributed by atoms with Gasteiger partial charge in [0.25, 0.3) is 5.91 Å². The van der Waals surface area contributed by atoms with E-state index in [-0.39, 0.29) is 18.1 Å². The molecule has 32 heavy (non-hydrogen) atoms. The van der Waals surface area contributed by atoms with Gasteiger partial charge in [-0.05, 0) is 36.8 Å². The van der Waals surface area contributed by atoms with Crippen molar-refractivity contribution in [2.45, 2.75) is 19.6 Å². The minimum atomic E-state index is -4.64. The highest BCUT2D eigenvalue weighted by Gasteiger charge is 2.33. The van der Waals surface area contributed by atoms with E-state index in [9.17, 15) is 22.8 Å². The summed E-state index contributed by atoms with van der Waals surface area (Å²) in [6.07, 6.45) is -2.94. The maximum absolute atomic E-state index is 12.9. The van der Waals surface area contributed by atoms with Crippen molar-refractivity contribution in [1.82, 2.24) is 25.0 Å². The molecule has 1 saturated heterocycles. The third-order valence-corrected chi connectivity index (χ3v) is 5.19. The molecule has 0 aliphatic carbocycles. The van der Waals surface area contributed by atoms with Crippen LogP contribution in [-0.4, -0.2) is 57.7 Å². The molecule has 2 N–H and O–H groups in total. The van der Waals surface area contributed by atoms with E-state index >= 15 is 0 Å². The lowest BCUT2D eigenvalue weighted by atomic mass is 10.1. The maximum atomic E-state index is 12.9. The van der Waals surface area contributed by atoms with Crippen molar-refractivity contribution >= 4 is 28.4 Å². The average Bonchev–Trinajstić information content (AvgIpc) is 3.14. The Bertz CT molecular complexity index is 1170. The van der Waals surface area contributed by atoms with E-state index < -0.39 is 17.8 Å². The van der Waals surface area contributed by atoms with E-state index in [0.717, 1.165) is 25.2 Å². The van der Waals surface area contributed by atoms with Crippen LogP contribution in [-0.2, 0) is 17.5 Å². The van der Waals surface area contributed by atoms with Gasteiger partial charge >= 0.3 is 6.18 Å². The number of aryl methyl sites for hydroxylation is 1. The number of carbonyl (C=O) groups excluding carboxylic acids is 2. The molecule has 3 heterocycles. The average molecular weight is 446 g/mol. The maximum Gasteiger partial charge on any atom is 0.433 e. The number of benzene rings is 1. The van der Waals surface area contributed by atoms with E-state index in [1.807, 2.05) is 0 Å². The smallest absolute Gasteiger partial charge is 0.339 e. The summed E-state index contributed by atoms with van der Waals surface area (Å²) in [7, 11) is 0. The second kappa shape index (κ2) is 8.58. The molecule has 0 unspecified atom stereocenters. The molecule has 0 radical (unpaired) electrons. The minimum Gasteiger partial charge on any atom is -0.339 e. The second-order valence-corrected chi connectivity index (χ2v) is 7.54. The molecule has 0 spiro atoms. The fraction of sp³-hybridized carbons (Fsp3) is 0.333. The monoisotopic (exact) mass is 446 g/mol.